The summed E-state index contributed by atoms with van der Waals surface area (Å²) in [5.41, 5.74) is 2.72. The van der Waals surface area contributed by atoms with E-state index in [0.29, 0.717) is 17.9 Å². The Hall–Kier alpha value is -5.56. The predicted molar refractivity (Wildman–Crippen MR) is 216 cm³/mol. The molecule has 6 aromatic rings. The van der Waals surface area contributed by atoms with Gasteiger partial charge in [0.05, 0.1) is 41.3 Å². The minimum atomic E-state index is -4.03. The molecular weight excluding hydrogens is 715 g/mol. The van der Waals surface area contributed by atoms with E-state index in [2.05, 4.69) is 21.7 Å². The van der Waals surface area contributed by atoms with Crippen molar-refractivity contribution in [3.05, 3.63) is 119 Å². The smallest absolute Gasteiger partial charge is 0.337 e. The fourth-order valence-corrected chi connectivity index (χ4v) is 7.81. The van der Waals surface area contributed by atoms with E-state index in [-0.39, 0.29) is 40.5 Å². The van der Waals surface area contributed by atoms with Gasteiger partial charge in [0, 0.05) is 11.3 Å². The second kappa shape index (κ2) is 18.2. The molecule has 12 nitrogen and oxygen atoms in total. The van der Waals surface area contributed by atoms with Crippen molar-refractivity contribution in [1.82, 2.24) is 28.9 Å². The lowest BCUT2D eigenvalue weighted by atomic mass is 10.1. The SMILES string of the molecule is CCCCCCCCCCCCOc1ccc(NS(=O)(=O)c2ccccc2)c(-c2[nH]c(-n3nc(C)cc3C)nc2-n2c(O)cn(Cc3ccccc3)c2=O)c1. The maximum atomic E-state index is 14.0. The second-order valence-electron chi connectivity index (χ2n) is 14.0. The first-order valence-electron chi connectivity index (χ1n) is 19.2. The van der Waals surface area contributed by atoms with Crippen molar-refractivity contribution in [2.24, 2.45) is 0 Å². The average Bonchev–Trinajstić information content (AvgIpc) is 3.84. The number of H-pyrrole nitrogens is 1. The van der Waals surface area contributed by atoms with E-state index in [1.54, 1.807) is 41.1 Å². The Morgan fingerprint density at radius 1 is 0.836 bits per heavy atom. The Labute approximate surface area is 322 Å². The van der Waals surface area contributed by atoms with E-state index < -0.39 is 15.7 Å². The lowest BCUT2D eigenvalue weighted by Crippen LogP contribution is -2.24. The number of unbranched alkanes of at least 4 members (excludes halogenated alkanes) is 9. The Balaban J connectivity index is 1.36. The number of hydrogen-bond donors (Lipinski definition) is 3. The van der Waals surface area contributed by atoms with Gasteiger partial charge < -0.3 is 14.8 Å². The summed E-state index contributed by atoms with van der Waals surface area (Å²) in [6.45, 7) is 6.68. The monoisotopic (exact) mass is 765 g/mol. The van der Waals surface area contributed by atoms with Crippen molar-refractivity contribution in [1.29, 1.82) is 0 Å². The third-order valence-electron chi connectivity index (χ3n) is 9.55. The van der Waals surface area contributed by atoms with Crippen LogP contribution in [0.1, 0.15) is 88.1 Å². The molecule has 0 atom stereocenters. The van der Waals surface area contributed by atoms with Crippen LogP contribution in [0.3, 0.4) is 0 Å². The normalized spacial score (nSPS) is 11.6. The highest BCUT2D eigenvalue weighted by Gasteiger charge is 2.26. The van der Waals surface area contributed by atoms with Gasteiger partial charge in [-0.3, -0.25) is 9.29 Å². The average molecular weight is 766 g/mol. The van der Waals surface area contributed by atoms with Crippen LogP contribution in [0.25, 0.3) is 23.0 Å². The van der Waals surface area contributed by atoms with Crippen LogP contribution in [0.4, 0.5) is 5.69 Å². The van der Waals surface area contributed by atoms with Crippen molar-refractivity contribution in [3.63, 3.8) is 0 Å². The van der Waals surface area contributed by atoms with Gasteiger partial charge in [-0.05, 0) is 62.2 Å². The maximum Gasteiger partial charge on any atom is 0.337 e. The zero-order chi connectivity index (χ0) is 38.8. The van der Waals surface area contributed by atoms with Gasteiger partial charge in [0.25, 0.3) is 10.0 Å². The van der Waals surface area contributed by atoms with Crippen LogP contribution in [0.2, 0.25) is 0 Å². The van der Waals surface area contributed by atoms with Crippen molar-refractivity contribution < 1.29 is 18.3 Å². The van der Waals surface area contributed by atoms with Crippen LogP contribution in [-0.2, 0) is 16.6 Å². The third-order valence-corrected chi connectivity index (χ3v) is 10.9. The molecule has 0 radical (unpaired) electrons. The number of aromatic amines is 1. The molecular formula is C42H51N7O5S. The second-order valence-corrected chi connectivity index (χ2v) is 15.7. The van der Waals surface area contributed by atoms with Crippen LogP contribution in [0.5, 0.6) is 11.6 Å². The molecule has 0 aliphatic carbocycles. The van der Waals surface area contributed by atoms with E-state index in [0.717, 1.165) is 40.8 Å². The molecule has 290 valence electrons. The number of aryl methyl sites for hydroxylation is 2. The van der Waals surface area contributed by atoms with Gasteiger partial charge in [-0.15, -0.1) is 0 Å². The number of hydrogen-bond acceptors (Lipinski definition) is 7. The van der Waals surface area contributed by atoms with Crippen LogP contribution in [-0.4, -0.2) is 49.0 Å². The number of ether oxygens (including phenoxy) is 1. The molecule has 0 bridgehead atoms. The highest BCUT2D eigenvalue weighted by atomic mass is 32.2. The number of aromatic hydroxyl groups is 1. The lowest BCUT2D eigenvalue weighted by Gasteiger charge is -2.15. The molecule has 3 heterocycles. The number of sulfonamides is 1. The molecule has 3 aromatic carbocycles. The summed E-state index contributed by atoms with van der Waals surface area (Å²) in [5.74, 6) is 0.503. The quantitative estimate of drug-likeness (QED) is 0.0659. The zero-order valence-corrected chi connectivity index (χ0v) is 32.7. The summed E-state index contributed by atoms with van der Waals surface area (Å²) in [6, 6.07) is 24.5. The highest BCUT2D eigenvalue weighted by molar-refractivity contribution is 7.92. The first-order valence-corrected chi connectivity index (χ1v) is 20.7. The molecule has 0 unspecified atom stereocenters. The Kier molecular flexibility index (Phi) is 12.9. The summed E-state index contributed by atoms with van der Waals surface area (Å²) < 4.78 is 40.5. The molecule has 0 spiro atoms. The van der Waals surface area contributed by atoms with E-state index in [9.17, 15) is 18.3 Å². The van der Waals surface area contributed by atoms with Crippen LogP contribution in [0, 0.1) is 13.8 Å². The van der Waals surface area contributed by atoms with Gasteiger partial charge in [-0.1, -0.05) is 113 Å². The number of rotatable bonds is 20. The molecule has 0 aliphatic heterocycles. The molecule has 0 amide bonds. The topological polar surface area (TPSA) is 149 Å². The molecule has 0 aliphatic rings. The summed E-state index contributed by atoms with van der Waals surface area (Å²) in [7, 11) is -4.03. The minimum absolute atomic E-state index is 0.0591. The molecule has 55 heavy (non-hydrogen) atoms. The Bertz CT molecular complexity index is 2330. The molecule has 3 N–H and O–H groups in total. The third kappa shape index (κ3) is 9.76. The van der Waals surface area contributed by atoms with Crippen molar-refractivity contribution in [2.75, 3.05) is 11.3 Å². The fourth-order valence-electron chi connectivity index (χ4n) is 6.71. The summed E-state index contributed by atoms with van der Waals surface area (Å²) in [4.78, 5) is 22.2. The van der Waals surface area contributed by atoms with Gasteiger partial charge in [0.2, 0.25) is 11.8 Å². The molecule has 3 aromatic heterocycles. The Morgan fingerprint density at radius 3 is 2.15 bits per heavy atom. The largest absolute Gasteiger partial charge is 0.494 e. The van der Waals surface area contributed by atoms with Gasteiger partial charge in [0.15, 0.2) is 5.82 Å². The van der Waals surface area contributed by atoms with Gasteiger partial charge in [-0.2, -0.15) is 10.1 Å². The maximum absolute atomic E-state index is 14.0. The van der Waals surface area contributed by atoms with Gasteiger partial charge in [-0.25, -0.2) is 22.5 Å². The Morgan fingerprint density at radius 2 is 1.49 bits per heavy atom. The first-order chi connectivity index (χ1) is 26.6. The van der Waals surface area contributed by atoms with E-state index in [1.807, 2.05) is 50.2 Å². The van der Waals surface area contributed by atoms with Crippen LogP contribution in [0.15, 0.2) is 101 Å². The molecule has 13 heteroatoms. The van der Waals surface area contributed by atoms with E-state index in [1.165, 1.54) is 67.8 Å². The summed E-state index contributed by atoms with van der Waals surface area (Å²) in [5, 5.41) is 15.9. The summed E-state index contributed by atoms with van der Waals surface area (Å²) >= 11 is 0. The molecule has 0 fully saturated rings. The summed E-state index contributed by atoms with van der Waals surface area (Å²) in [6.07, 6.45) is 13.4. The lowest BCUT2D eigenvalue weighted by molar-refractivity contribution is 0.304. The number of aromatic nitrogens is 6. The van der Waals surface area contributed by atoms with Crippen molar-refractivity contribution >= 4 is 15.7 Å². The minimum Gasteiger partial charge on any atom is -0.494 e. The van der Waals surface area contributed by atoms with Crippen molar-refractivity contribution in [3.8, 4) is 34.7 Å². The fraction of sp³-hybridized carbons (Fsp3) is 0.357. The number of nitrogens with one attached hydrogen (secondary N) is 2. The van der Waals surface area contributed by atoms with Gasteiger partial charge in [0.1, 0.15) is 5.75 Å². The molecule has 0 saturated heterocycles. The van der Waals surface area contributed by atoms with E-state index >= 15 is 0 Å². The predicted octanol–water partition coefficient (Wildman–Crippen LogP) is 8.69. The number of anilines is 1. The zero-order valence-electron chi connectivity index (χ0n) is 31.9. The first kappa shape index (κ1) is 39.1. The van der Waals surface area contributed by atoms with Crippen LogP contribution >= 0.6 is 0 Å². The highest BCUT2D eigenvalue weighted by Crippen LogP contribution is 2.37. The molecule has 6 rings (SSSR count). The van der Waals surface area contributed by atoms with E-state index in [4.69, 9.17) is 9.72 Å². The molecule has 0 saturated carbocycles. The number of imidazole rings is 2. The number of nitrogens with zero attached hydrogens (tertiary/aromatic N) is 5. The van der Waals surface area contributed by atoms with Crippen LogP contribution < -0.4 is 15.1 Å². The standard InChI is InChI=1S/C42H51N7O5S/c1-4-5-6-7-8-9-10-11-12-19-26-54-34-24-25-37(46-55(52,53)35-22-17-14-18-23-35)36(28-34)39-40(44-41(43-39)49-32(3)27-31(2)45-49)48-38(50)30-47(42(48)51)29-33-20-15-13-16-21-33/h13-18,20-25,27-28,30,46,50H,4-12,19,26,29H2,1-3H3,(H,43,44). The van der Waals surface area contributed by atoms with Gasteiger partial charge >= 0.3 is 5.69 Å². The van der Waals surface area contributed by atoms with Crippen molar-refractivity contribution in [2.45, 2.75) is 96.4 Å². The number of benzene rings is 3.